The molecular formula is C14H18F4N2. The fourth-order valence-corrected chi connectivity index (χ4v) is 2.39. The number of halogens is 4. The maximum atomic E-state index is 13.5. The minimum atomic E-state index is -1.33. The number of piperazine rings is 1. The zero-order valence-electron chi connectivity index (χ0n) is 11.4. The van der Waals surface area contributed by atoms with Gasteiger partial charge in [0.1, 0.15) is 0 Å². The van der Waals surface area contributed by atoms with E-state index in [1.165, 1.54) is 0 Å². The van der Waals surface area contributed by atoms with E-state index in [0.29, 0.717) is 13.0 Å². The lowest BCUT2D eigenvalue weighted by atomic mass is 10.1. The van der Waals surface area contributed by atoms with Gasteiger partial charge in [-0.05, 0) is 26.4 Å². The molecule has 1 aromatic carbocycles. The Balaban J connectivity index is 1.91. The van der Waals surface area contributed by atoms with Crippen LogP contribution in [0.3, 0.4) is 0 Å². The lowest BCUT2D eigenvalue weighted by Gasteiger charge is -2.32. The lowest BCUT2D eigenvalue weighted by Crippen LogP contribution is -2.44. The molecule has 0 aromatic heterocycles. The summed E-state index contributed by atoms with van der Waals surface area (Å²) in [7, 11) is 2.04. The summed E-state index contributed by atoms with van der Waals surface area (Å²) >= 11 is 0. The first kappa shape index (κ1) is 15.3. The van der Waals surface area contributed by atoms with Gasteiger partial charge in [0.15, 0.2) is 23.3 Å². The van der Waals surface area contributed by atoms with Crippen molar-refractivity contribution in [2.45, 2.75) is 12.8 Å². The molecule has 1 aliphatic rings. The summed E-state index contributed by atoms with van der Waals surface area (Å²) in [4.78, 5) is 4.39. The lowest BCUT2D eigenvalue weighted by molar-refractivity contribution is 0.153. The summed E-state index contributed by atoms with van der Waals surface area (Å²) in [6.07, 6.45) is 0.471. The third-order valence-corrected chi connectivity index (χ3v) is 3.70. The third kappa shape index (κ3) is 3.49. The molecule has 0 spiro atoms. The number of hydrogen-bond donors (Lipinski definition) is 0. The summed E-state index contributed by atoms with van der Waals surface area (Å²) in [6, 6.07) is 0.245. The Hall–Kier alpha value is -1.14. The highest BCUT2D eigenvalue weighted by Gasteiger charge is 2.19. The quantitative estimate of drug-likeness (QED) is 0.621. The van der Waals surface area contributed by atoms with Crippen molar-refractivity contribution in [3.63, 3.8) is 0 Å². The monoisotopic (exact) mass is 290 g/mol. The normalized spacial score (nSPS) is 17.6. The topological polar surface area (TPSA) is 6.48 Å². The van der Waals surface area contributed by atoms with E-state index in [1.54, 1.807) is 0 Å². The maximum absolute atomic E-state index is 13.5. The van der Waals surface area contributed by atoms with Gasteiger partial charge in [0.05, 0.1) is 0 Å². The van der Waals surface area contributed by atoms with E-state index in [1.807, 2.05) is 7.05 Å². The Morgan fingerprint density at radius 2 is 1.50 bits per heavy atom. The van der Waals surface area contributed by atoms with Gasteiger partial charge in [-0.1, -0.05) is 0 Å². The van der Waals surface area contributed by atoms with E-state index in [0.717, 1.165) is 26.2 Å². The van der Waals surface area contributed by atoms with Crippen LogP contribution in [0.25, 0.3) is 0 Å². The SMILES string of the molecule is CN1CCN(CCCc2c(F)c(F)cc(F)c2F)CC1. The molecule has 0 unspecified atom stereocenters. The Kier molecular flexibility index (Phi) is 4.99. The zero-order chi connectivity index (χ0) is 14.7. The highest BCUT2D eigenvalue weighted by Crippen LogP contribution is 2.20. The minimum absolute atomic E-state index is 0.00130. The van der Waals surface area contributed by atoms with Crippen molar-refractivity contribution in [1.29, 1.82) is 0 Å². The van der Waals surface area contributed by atoms with Crippen LogP contribution in [0.2, 0.25) is 0 Å². The van der Waals surface area contributed by atoms with Crippen LogP contribution in [0, 0.1) is 23.3 Å². The molecule has 0 saturated carbocycles. The third-order valence-electron chi connectivity index (χ3n) is 3.70. The average Bonchev–Trinajstić information content (AvgIpc) is 2.42. The molecule has 6 heteroatoms. The van der Waals surface area contributed by atoms with Gasteiger partial charge in [0.25, 0.3) is 0 Å². The average molecular weight is 290 g/mol. The van der Waals surface area contributed by atoms with Crippen LogP contribution >= 0.6 is 0 Å². The molecule has 1 aliphatic heterocycles. The van der Waals surface area contributed by atoms with Gasteiger partial charge in [0.2, 0.25) is 0 Å². The molecule has 0 radical (unpaired) electrons. The first-order chi connectivity index (χ1) is 9.49. The standard InChI is InChI=1S/C14H18F4N2/c1-19-5-7-20(8-6-19)4-2-3-10-13(17)11(15)9-12(16)14(10)18/h9H,2-8H2,1H3. The first-order valence-corrected chi connectivity index (χ1v) is 6.72. The molecule has 1 heterocycles. The molecule has 20 heavy (non-hydrogen) atoms. The van der Waals surface area contributed by atoms with Crippen molar-refractivity contribution in [1.82, 2.24) is 9.80 Å². The molecular weight excluding hydrogens is 272 g/mol. The highest BCUT2D eigenvalue weighted by atomic mass is 19.2. The van der Waals surface area contributed by atoms with Crippen molar-refractivity contribution in [2.75, 3.05) is 39.8 Å². The van der Waals surface area contributed by atoms with Crippen LogP contribution in [0.5, 0.6) is 0 Å². The van der Waals surface area contributed by atoms with E-state index in [4.69, 9.17) is 0 Å². The number of hydrogen-bond acceptors (Lipinski definition) is 2. The fourth-order valence-electron chi connectivity index (χ4n) is 2.39. The molecule has 1 fully saturated rings. The van der Waals surface area contributed by atoms with Gasteiger partial charge in [-0.15, -0.1) is 0 Å². The Labute approximate surface area is 116 Å². The van der Waals surface area contributed by atoms with Gasteiger partial charge < -0.3 is 9.80 Å². The van der Waals surface area contributed by atoms with Crippen LogP contribution in [0.4, 0.5) is 17.6 Å². The van der Waals surface area contributed by atoms with E-state index in [9.17, 15) is 17.6 Å². The predicted molar refractivity (Wildman–Crippen MR) is 68.5 cm³/mol. The molecule has 0 N–H and O–H groups in total. The fraction of sp³-hybridized carbons (Fsp3) is 0.571. The molecule has 0 aliphatic carbocycles. The van der Waals surface area contributed by atoms with Gasteiger partial charge in [-0.2, -0.15) is 0 Å². The molecule has 2 nitrogen and oxygen atoms in total. The largest absolute Gasteiger partial charge is 0.304 e. The highest BCUT2D eigenvalue weighted by molar-refractivity contribution is 5.22. The number of nitrogens with zero attached hydrogens (tertiary/aromatic N) is 2. The first-order valence-electron chi connectivity index (χ1n) is 6.72. The van der Waals surface area contributed by atoms with E-state index >= 15 is 0 Å². The van der Waals surface area contributed by atoms with Crippen molar-refractivity contribution in [3.8, 4) is 0 Å². The summed E-state index contributed by atoms with van der Waals surface area (Å²) in [6.45, 7) is 4.39. The Morgan fingerprint density at radius 3 is 2.05 bits per heavy atom. The number of likely N-dealkylation sites (N-methyl/N-ethyl adjacent to an activating group) is 1. The van der Waals surface area contributed by atoms with E-state index < -0.39 is 28.8 Å². The van der Waals surface area contributed by atoms with Gasteiger partial charge in [-0.25, -0.2) is 17.6 Å². The molecule has 2 rings (SSSR count). The Bertz CT molecular complexity index is 444. The molecule has 0 atom stereocenters. The molecule has 1 saturated heterocycles. The summed E-state index contributed by atoms with van der Waals surface area (Å²) < 4.78 is 53.0. The van der Waals surface area contributed by atoms with E-state index in [2.05, 4.69) is 9.80 Å². The summed E-state index contributed by atoms with van der Waals surface area (Å²) in [5, 5.41) is 0. The second kappa shape index (κ2) is 6.54. The second-order valence-electron chi connectivity index (χ2n) is 5.20. The minimum Gasteiger partial charge on any atom is -0.304 e. The number of benzene rings is 1. The van der Waals surface area contributed by atoms with Gasteiger partial charge in [0, 0.05) is 37.8 Å². The summed E-state index contributed by atoms with van der Waals surface area (Å²) in [5.74, 6) is -5.22. The molecule has 112 valence electrons. The maximum Gasteiger partial charge on any atom is 0.165 e. The van der Waals surface area contributed by atoms with Crippen LogP contribution in [-0.2, 0) is 6.42 Å². The zero-order valence-corrected chi connectivity index (χ0v) is 11.4. The molecule has 1 aromatic rings. The smallest absolute Gasteiger partial charge is 0.165 e. The van der Waals surface area contributed by atoms with Gasteiger partial charge in [-0.3, -0.25) is 0 Å². The van der Waals surface area contributed by atoms with Crippen LogP contribution in [-0.4, -0.2) is 49.6 Å². The molecule has 0 bridgehead atoms. The van der Waals surface area contributed by atoms with Crippen molar-refractivity contribution >= 4 is 0 Å². The van der Waals surface area contributed by atoms with Gasteiger partial charge >= 0.3 is 0 Å². The Morgan fingerprint density at radius 1 is 0.950 bits per heavy atom. The van der Waals surface area contributed by atoms with Crippen molar-refractivity contribution in [3.05, 3.63) is 34.9 Å². The van der Waals surface area contributed by atoms with Crippen LogP contribution < -0.4 is 0 Å². The van der Waals surface area contributed by atoms with Crippen molar-refractivity contribution < 1.29 is 17.6 Å². The second-order valence-corrected chi connectivity index (χ2v) is 5.20. The van der Waals surface area contributed by atoms with Crippen LogP contribution in [0.1, 0.15) is 12.0 Å². The van der Waals surface area contributed by atoms with Crippen molar-refractivity contribution in [2.24, 2.45) is 0 Å². The molecule has 0 amide bonds. The summed E-state index contributed by atoms with van der Waals surface area (Å²) in [5.41, 5.74) is -0.489. The predicted octanol–water partition coefficient (Wildman–Crippen LogP) is 2.42. The van der Waals surface area contributed by atoms with Crippen LogP contribution in [0.15, 0.2) is 6.07 Å². The number of rotatable bonds is 4. The van der Waals surface area contributed by atoms with E-state index in [-0.39, 0.29) is 12.5 Å².